The van der Waals surface area contributed by atoms with Gasteiger partial charge in [0, 0.05) is 6.42 Å². The highest BCUT2D eigenvalue weighted by Gasteiger charge is 2.37. The van der Waals surface area contributed by atoms with Gasteiger partial charge in [-0.05, 0) is 47.9 Å². The zero-order valence-electron chi connectivity index (χ0n) is 15.0. The third kappa shape index (κ3) is 3.14. The molecule has 0 fully saturated rings. The van der Waals surface area contributed by atoms with Gasteiger partial charge in [-0.15, -0.1) is 0 Å². The van der Waals surface area contributed by atoms with Gasteiger partial charge in [-0.2, -0.15) is 5.26 Å². The van der Waals surface area contributed by atoms with Crippen LogP contribution in [-0.2, 0) is 10.3 Å². The molecule has 1 atom stereocenters. The lowest BCUT2D eigenvalue weighted by Gasteiger charge is -2.36. The largest absolute Gasteiger partial charge is 0.497 e. The number of amides is 1. The Morgan fingerprint density at radius 1 is 1.00 bits per heavy atom. The van der Waals surface area contributed by atoms with Crippen molar-refractivity contribution in [1.82, 2.24) is 5.32 Å². The molecule has 0 bridgehead atoms. The van der Waals surface area contributed by atoms with E-state index in [9.17, 15) is 10.1 Å². The van der Waals surface area contributed by atoms with Gasteiger partial charge in [0.05, 0.1) is 19.8 Å². The number of nitrogens with zero attached hydrogens (tertiary/aromatic N) is 1. The number of nitriles is 1. The number of benzene rings is 2. The Kier molecular flexibility index (Phi) is 4.68. The minimum Gasteiger partial charge on any atom is -0.497 e. The Bertz CT molecular complexity index is 892. The number of ether oxygens (including phenoxy) is 2. The van der Waals surface area contributed by atoms with E-state index < -0.39 is 5.54 Å². The maximum atomic E-state index is 12.6. The highest BCUT2D eigenvalue weighted by molar-refractivity contribution is 6.07. The lowest BCUT2D eigenvalue weighted by atomic mass is 9.78. The molecular formula is C21H20N2O3. The molecule has 1 N–H and O–H groups in total. The van der Waals surface area contributed by atoms with E-state index in [4.69, 9.17) is 9.47 Å². The fourth-order valence-electron chi connectivity index (χ4n) is 3.23. The summed E-state index contributed by atoms with van der Waals surface area (Å²) in [5.41, 5.74) is 2.07. The van der Waals surface area contributed by atoms with E-state index in [-0.39, 0.29) is 11.5 Å². The summed E-state index contributed by atoms with van der Waals surface area (Å²) in [5, 5.41) is 12.5. The Morgan fingerprint density at radius 2 is 1.54 bits per heavy atom. The van der Waals surface area contributed by atoms with Gasteiger partial charge < -0.3 is 14.8 Å². The van der Waals surface area contributed by atoms with Crippen LogP contribution in [-0.4, -0.2) is 20.1 Å². The second-order valence-corrected chi connectivity index (χ2v) is 6.39. The second-order valence-electron chi connectivity index (χ2n) is 6.39. The van der Waals surface area contributed by atoms with Crippen molar-refractivity contribution in [2.24, 2.45) is 0 Å². The highest BCUT2D eigenvalue weighted by Crippen LogP contribution is 2.39. The molecule has 0 saturated heterocycles. The number of methoxy groups -OCH3 is 2. The van der Waals surface area contributed by atoms with Crippen molar-refractivity contribution in [3.05, 3.63) is 65.2 Å². The van der Waals surface area contributed by atoms with Crippen LogP contribution in [0.2, 0.25) is 0 Å². The van der Waals surface area contributed by atoms with Crippen LogP contribution < -0.4 is 14.8 Å². The van der Waals surface area contributed by atoms with Crippen LogP contribution >= 0.6 is 0 Å². The third-order valence-electron chi connectivity index (χ3n) is 4.73. The van der Waals surface area contributed by atoms with Crippen LogP contribution in [0, 0.1) is 11.3 Å². The molecule has 2 aromatic carbocycles. The molecule has 5 heteroatoms. The third-order valence-corrected chi connectivity index (χ3v) is 4.73. The van der Waals surface area contributed by atoms with Crippen LogP contribution in [0.3, 0.4) is 0 Å². The molecule has 3 rings (SSSR count). The minimum atomic E-state index is -0.612. The first-order valence-corrected chi connectivity index (χ1v) is 8.25. The van der Waals surface area contributed by atoms with Gasteiger partial charge in [-0.1, -0.05) is 24.3 Å². The van der Waals surface area contributed by atoms with E-state index >= 15 is 0 Å². The zero-order valence-corrected chi connectivity index (χ0v) is 15.0. The number of hydrogen-bond acceptors (Lipinski definition) is 4. The van der Waals surface area contributed by atoms with Crippen molar-refractivity contribution in [3.8, 4) is 17.6 Å². The Labute approximate surface area is 152 Å². The van der Waals surface area contributed by atoms with Gasteiger partial charge in [0.25, 0.3) is 5.91 Å². The number of rotatable bonds is 4. The summed E-state index contributed by atoms with van der Waals surface area (Å²) in [6.07, 6.45) is 0.514. The maximum absolute atomic E-state index is 12.6. The molecule has 0 saturated carbocycles. The SMILES string of the molecule is COc1ccc(C2=C(C#N)C(=O)NC(C)(c3ccc(OC)cc3)C2)cc1. The summed E-state index contributed by atoms with van der Waals surface area (Å²) in [7, 11) is 3.21. The molecule has 1 aliphatic heterocycles. The molecule has 1 heterocycles. The van der Waals surface area contributed by atoms with Gasteiger partial charge in [0.1, 0.15) is 23.1 Å². The fourth-order valence-corrected chi connectivity index (χ4v) is 3.23. The number of nitrogens with one attached hydrogen (secondary N) is 1. The van der Waals surface area contributed by atoms with E-state index in [1.807, 2.05) is 55.5 Å². The number of carbonyl (C=O) groups is 1. The topological polar surface area (TPSA) is 71.3 Å². The smallest absolute Gasteiger partial charge is 0.262 e. The minimum absolute atomic E-state index is 0.154. The molecule has 1 aliphatic rings. The van der Waals surface area contributed by atoms with Crippen LogP contribution in [0.25, 0.3) is 5.57 Å². The van der Waals surface area contributed by atoms with Crippen molar-refractivity contribution in [3.63, 3.8) is 0 Å². The second kappa shape index (κ2) is 6.93. The average Bonchev–Trinajstić information content (AvgIpc) is 2.67. The van der Waals surface area contributed by atoms with E-state index in [1.165, 1.54) is 0 Å². The summed E-state index contributed by atoms with van der Waals surface area (Å²) in [4.78, 5) is 12.6. The van der Waals surface area contributed by atoms with Crippen molar-refractivity contribution in [2.75, 3.05) is 14.2 Å². The molecule has 5 nitrogen and oxygen atoms in total. The summed E-state index contributed by atoms with van der Waals surface area (Å²) in [6.45, 7) is 1.96. The first kappa shape index (κ1) is 17.6. The monoisotopic (exact) mass is 348 g/mol. The summed E-state index contributed by atoms with van der Waals surface area (Å²) in [6, 6.07) is 17.1. The highest BCUT2D eigenvalue weighted by atomic mass is 16.5. The first-order valence-electron chi connectivity index (χ1n) is 8.25. The molecule has 1 amide bonds. The molecule has 2 aromatic rings. The van der Waals surface area contributed by atoms with Crippen molar-refractivity contribution in [2.45, 2.75) is 18.9 Å². The molecular weight excluding hydrogens is 328 g/mol. The van der Waals surface area contributed by atoms with Crippen LogP contribution in [0.1, 0.15) is 24.5 Å². The normalized spacial score (nSPS) is 19.5. The Morgan fingerprint density at radius 3 is 2.04 bits per heavy atom. The zero-order chi connectivity index (χ0) is 18.7. The quantitative estimate of drug-likeness (QED) is 0.919. The lowest BCUT2D eigenvalue weighted by Crippen LogP contribution is -2.47. The van der Waals surface area contributed by atoms with Gasteiger partial charge in [-0.25, -0.2) is 0 Å². The molecule has 0 aliphatic carbocycles. The first-order chi connectivity index (χ1) is 12.5. The fraction of sp³-hybridized carbons (Fsp3) is 0.238. The maximum Gasteiger partial charge on any atom is 0.262 e. The molecule has 132 valence electrons. The Balaban J connectivity index is 2.03. The van der Waals surface area contributed by atoms with Gasteiger partial charge in [-0.3, -0.25) is 4.79 Å². The van der Waals surface area contributed by atoms with Crippen molar-refractivity contribution >= 4 is 11.5 Å². The number of hydrogen-bond donors (Lipinski definition) is 1. The number of carbonyl (C=O) groups excluding carboxylic acids is 1. The van der Waals surface area contributed by atoms with Crippen LogP contribution in [0.15, 0.2) is 54.1 Å². The molecule has 0 spiro atoms. The summed E-state index contributed by atoms with van der Waals surface area (Å²) in [5.74, 6) is 1.12. The molecule has 1 unspecified atom stereocenters. The van der Waals surface area contributed by atoms with Gasteiger partial charge in [0.15, 0.2) is 0 Å². The Hall–Kier alpha value is -3.26. The van der Waals surface area contributed by atoms with E-state index in [1.54, 1.807) is 14.2 Å². The standard InChI is InChI=1S/C21H20N2O3/c1-21(15-6-10-17(26-3)11-7-15)12-18(19(13-22)20(24)23-21)14-4-8-16(25-2)9-5-14/h4-11H,12H2,1-3H3,(H,23,24). The molecule has 0 aromatic heterocycles. The average molecular weight is 348 g/mol. The molecule has 26 heavy (non-hydrogen) atoms. The van der Waals surface area contributed by atoms with E-state index in [2.05, 4.69) is 11.4 Å². The predicted octanol–water partition coefficient (Wildman–Crippen LogP) is 3.42. The summed E-state index contributed by atoms with van der Waals surface area (Å²) >= 11 is 0. The van der Waals surface area contributed by atoms with Crippen molar-refractivity contribution in [1.29, 1.82) is 5.26 Å². The van der Waals surface area contributed by atoms with Gasteiger partial charge >= 0.3 is 0 Å². The predicted molar refractivity (Wildman–Crippen MR) is 98.6 cm³/mol. The van der Waals surface area contributed by atoms with Crippen molar-refractivity contribution < 1.29 is 14.3 Å². The van der Waals surface area contributed by atoms with E-state index in [0.717, 1.165) is 28.2 Å². The van der Waals surface area contributed by atoms with Crippen LogP contribution in [0.4, 0.5) is 0 Å². The molecule has 0 radical (unpaired) electrons. The lowest BCUT2D eigenvalue weighted by molar-refractivity contribution is -0.119. The van der Waals surface area contributed by atoms with E-state index in [0.29, 0.717) is 6.42 Å². The van der Waals surface area contributed by atoms with Gasteiger partial charge in [0.2, 0.25) is 0 Å². The summed E-state index contributed by atoms with van der Waals surface area (Å²) < 4.78 is 10.4. The van der Waals surface area contributed by atoms with Crippen LogP contribution in [0.5, 0.6) is 11.5 Å².